The van der Waals surface area contributed by atoms with Crippen LogP contribution >= 0.6 is 0 Å². The fourth-order valence-electron chi connectivity index (χ4n) is 4.47. The molecule has 31 heavy (non-hydrogen) atoms. The molecule has 1 saturated carbocycles. The summed E-state index contributed by atoms with van der Waals surface area (Å²) in [5.74, 6) is 0.744. The molecular weight excluding hydrogens is 390 g/mol. The summed E-state index contributed by atoms with van der Waals surface area (Å²) in [6, 6.07) is 17.5. The number of hydrogen-bond donors (Lipinski definition) is 0. The van der Waals surface area contributed by atoms with E-state index in [1.807, 2.05) is 54.6 Å². The third kappa shape index (κ3) is 4.63. The molecule has 0 saturated heterocycles. The third-order valence-electron chi connectivity index (χ3n) is 6.23. The number of rotatable bonds is 6. The Kier molecular flexibility index (Phi) is 6.35. The van der Waals surface area contributed by atoms with Crippen LogP contribution in [0, 0.1) is 5.92 Å². The van der Waals surface area contributed by atoms with E-state index in [0.717, 1.165) is 48.3 Å². The molecule has 1 unspecified atom stereocenters. The van der Waals surface area contributed by atoms with Crippen molar-refractivity contribution in [1.29, 1.82) is 0 Å². The minimum absolute atomic E-state index is 0.0397. The Balaban J connectivity index is 1.55. The monoisotopic (exact) mass is 419 g/mol. The second-order valence-corrected chi connectivity index (χ2v) is 8.32. The largest absolute Gasteiger partial charge is 0.497 e. The van der Waals surface area contributed by atoms with E-state index in [2.05, 4.69) is 0 Å². The first-order chi connectivity index (χ1) is 15.1. The molecule has 2 aromatic rings. The highest BCUT2D eigenvalue weighted by Crippen LogP contribution is 2.33. The summed E-state index contributed by atoms with van der Waals surface area (Å²) in [5.41, 5.74) is 2.86. The zero-order chi connectivity index (χ0) is 21.8. The molecule has 0 N–H and O–H groups in total. The first-order valence-corrected chi connectivity index (χ1v) is 10.9. The molecule has 2 amide bonds. The van der Waals surface area contributed by atoms with Crippen LogP contribution in [0.1, 0.15) is 49.3 Å². The third-order valence-corrected chi connectivity index (χ3v) is 6.23. The number of likely N-dealkylation sites (N-methyl/N-ethyl adjacent to an activating group) is 1. The van der Waals surface area contributed by atoms with E-state index in [-0.39, 0.29) is 30.3 Å². The molecule has 1 aliphatic heterocycles. The van der Waals surface area contributed by atoms with Gasteiger partial charge in [0.05, 0.1) is 18.9 Å². The highest BCUT2D eigenvalue weighted by atomic mass is 16.5. The minimum Gasteiger partial charge on any atom is -0.497 e. The number of ether oxygens (including phenoxy) is 1. The number of methoxy groups -OCH3 is 1. The van der Waals surface area contributed by atoms with Crippen molar-refractivity contribution in [3.05, 3.63) is 65.7 Å². The Bertz CT molecular complexity index is 950. The fraction of sp³-hybridized carbons (Fsp3) is 0.400. The van der Waals surface area contributed by atoms with Gasteiger partial charge in [0.1, 0.15) is 12.3 Å². The van der Waals surface area contributed by atoms with Crippen LogP contribution in [-0.2, 0) is 9.59 Å². The van der Waals surface area contributed by atoms with Crippen LogP contribution in [0.5, 0.6) is 5.75 Å². The zero-order valence-electron chi connectivity index (χ0n) is 18.2. The Morgan fingerprint density at radius 3 is 2.39 bits per heavy atom. The summed E-state index contributed by atoms with van der Waals surface area (Å²) >= 11 is 0. The molecule has 0 aromatic heterocycles. The van der Waals surface area contributed by atoms with Gasteiger partial charge in [-0.2, -0.15) is 5.10 Å². The SMILES string of the molecule is COc1ccc(C2=NN(C(=O)CN(C)C(=O)C3CCCC3)C(c3ccccc3)C2)cc1. The van der Waals surface area contributed by atoms with Crippen LogP contribution in [0.3, 0.4) is 0 Å². The summed E-state index contributed by atoms with van der Waals surface area (Å²) in [6.45, 7) is 0.0397. The van der Waals surface area contributed by atoms with E-state index < -0.39 is 0 Å². The van der Waals surface area contributed by atoms with Crippen LogP contribution in [0.15, 0.2) is 59.7 Å². The van der Waals surface area contributed by atoms with Crippen molar-refractivity contribution >= 4 is 17.5 Å². The Labute approximate surface area is 183 Å². The number of carbonyl (C=O) groups is 2. The number of amides is 2. The number of hydrogen-bond acceptors (Lipinski definition) is 4. The maximum Gasteiger partial charge on any atom is 0.262 e. The summed E-state index contributed by atoms with van der Waals surface area (Å²) in [4.78, 5) is 27.5. The van der Waals surface area contributed by atoms with Crippen molar-refractivity contribution in [2.24, 2.45) is 11.0 Å². The molecular formula is C25H29N3O3. The highest BCUT2D eigenvalue weighted by Gasteiger charge is 2.34. The Morgan fingerprint density at radius 1 is 1.06 bits per heavy atom. The van der Waals surface area contributed by atoms with Gasteiger partial charge in [-0.1, -0.05) is 43.2 Å². The molecule has 162 valence electrons. The summed E-state index contributed by atoms with van der Waals surface area (Å²) < 4.78 is 5.25. The van der Waals surface area contributed by atoms with Crippen molar-refractivity contribution in [1.82, 2.24) is 9.91 Å². The minimum atomic E-state index is -0.180. The lowest BCUT2D eigenvalue weighted by molar-refractivity contribution is -0.142. The van der Waals surface area contributed by atoms with Crippen molar-refractivity contribution in [3.8, 4) is 5.75 Å². The standard InChI is InChI=1S/C25H29N3O3/c1-27(25(30)20-10-6-7-11-20)17-24(29)28-23(19-8-4-3-5-9-19)16-22(26-28)18-12-14-21(31-2)15-13-18/h3-5,8-9,12-15,20,23H,6-7,10-11,16-17H2,1-2H3. The van der Waals surface area contributed by atoms with Crippen LogP contribution in [0.25, 0.3) is 0 Å². The summed E-state index contributed by atoms with van der Waals surface area (Å²) in [5, 5.41) is 6.27. The molecule has 1 fully saturated rings. The predicted octanol–water partition coefficient (Wildman–Crippen LogP) is 4.02. The molecule has 1 aliphatic carbocycles. The molecule has 0 bridgehead atoms. The van der Waals surface area contributed by atoms with E-state index in [9.17, 15) is 9.59 Å². The van der Waals surface area contributed by atoms with Gasteiger partial charge in [-0.05, 0) is 48.2 Å². The number of nitrogens with zero attached hydrogens (tertiary/aromatic N) is 3. The fourth-order valence-corrected chi connectivity index (χ4v) is 4.47. The second-order valence-electron chi connectivity index (χ2n) is 8.32. The maximum absolute atomic E-state index is 13.2. The molecule has 0 spiro atoms. The number of hydrazone groups is 1. The number of benzene rings is 2. The van der Waals surface area contributed by atoms with Gasteiger partial charge in [0.25, 0.3) is 5.91 Å². The normalized spacial score (nSPS) is 18.7. The highest BCUT2D eigenvalue weighted by molar-refractivity contribution is 6.03. The molecule has 4 rings (SSSR count). The summed E-state index contributed by atoms with van der Waals surface area (Å²) in [6.07, 6.45) is 4.66. The van der Waals surface area contributed by atoms with Gasteiger partial charge < -0.3 is 9.64 Å². The Morgan fingerprint density at radius 2 is 1.74 bits per heavy atom. The van der Waals surface area contributed by atoms with Crippen molar-refractivity contribution in [2.75, 3.05) is 20.7 Å². The lowest BCUT2D eigenvalue weighted by Crippen LogP contribution is -2.41. The Hall–Kier alpha value is -3.15. The van der Waals surface area contributed by atoms with Crippen LogP contribution in [-0.4, -0.2) is 48.1 Å². The predicted molar refractivity (Wildman–Crippen MR) is 120 cm³/mol. The van der Waals surface area contributed by atoms with Crippen LogP contribution < -0.4 is 4.74 Å². The van der Waals surface area contributed by atoms with Crippen molar-refractivity contribution < 1.29 is 14.3 Å². The van der Waals surface area contributed by atoms with E-state index in [1.165, 1.54) is 0 Å². The first-order valence-electron chi connectivity index (χ1n) is 10.9. The quantitative estimate of drug-likeness (QED) is 0.710. The molecule has 6 heteroatoms. The van der Waals surface area contributed by atoms with E-state index in [1.54, 1.807) is 24.1 Å². The van der Waals surface area contributed by atoms with Gasteiger partial charge >= 0.3 is 0 Å². The molecule has 1 atom stereocenters. The average molecular weight is 420 g/mol. The zero-order valence-corrected chi connectivity index (χ0v) is 18.2. The molecule has 6 nitrogen and oxygen atoms in total. The van der Waals surface area contributed by atoms with Gasteiger partial charge in [-0.15, -0.1) is 0 Å². The van der Waals surface area contributed by atoms with Gasteiger partial charge in [-0.3, -0.25) is 9.59 Å². The summed E-state index contributed by atoms with van der Waals surface area (Å²) in [7, 11) is 3.36. The topological polar surface area (TPSA) is 62.2 Å². The van der Waals surface area contributed by atoms with Crippen LogP contribution in [0.2, 0.25) is 0 Å². The van der Waals surface area contributed by atoms with Crippen LogP contribution in [0.4, 0.5) is 0 Å². The van der Waals surface area contributed by atoms with E-state index in [4.69, 9.17) is 9.84 Å². The molecule has 2 aromatic carbocycles. The van der Waals surface area contributed by atoms with Crippen molar-refractivity contribution in [2.45, 2.75) is 38.1 Å². The van der Waals surface area contributed by atoms with Gasteiger partial charge in [-0.25, -0.2) is 5.01 Å². The first kappa shape index (κ1) is 21.1. The van der Waals surface area contributed by atoms with E-state index >= 15 is 0 Å². The van der Waals surface area contributed by atoms with Gasteiger partial charge in [0.2, 0.25) is 5.91 Å². The maximum atomic E-state index is 13.2. The van der Waals surface area contributed by atoms with E-state index in [0.29, 0.717) is 6.42 Å². The van der Waals surface area contributed by atoms with Gasteiger partial charge in [0, 0.05) is 19.4 Å². The lowest BCUT2D eigenvalue weighted by atomic mass is 9.98. The second kappa shape index (κ2) is 9.33. The number of carbonyl (C=O) groups excluding carboxylic acids is 2. The molecule has 2 aliphatic rings. The molecule has 0 radical (unpaired) electrons. The smallest absolute Gasteiger partial charge is 0.262 e. The lowest BCUT2D eigenvalue weighted by Gasteiger charge is -2.26. The van der Waals surface area contributed by atoms with Crippen molar-refractivity contribution in [3.63, 3.8) is 0 Å². The average Bonchev–Trinajstić information content (AvgIpc) is 3.50. The van der Waals surface area contributed by atoms with Gasteiger partial charge in [0.15, 0.2) is 0 Å². The molecule has 1 heterocycles.